The van der Waals surface area contributed by atoms with E-state index in [0.29, 0.717) is 24.8 Å². The SMILES string of the molecule is CCCCC(C(N)=O)N1C(=O)C(c2ccc(C(F)(F)F)cc2)=NC12CCCCC2. The van der Waals surface area contributed by atoms with Crippen molar-refractivity contribution >= 4 is 17.5 Å². The molecule has 158 valence electrons. The maximum atomic E-state index is 13.3. The fourth-order valence-corrected chi connectivity index (χ4v) is 4.32. The van der Waals surface area contributed by atoms with E-state index >= 15 is 0 Å². The van der Waals surface area contributed by atoms with E-state index in [1.165, 1.54) is 17.0 Å². The van der Waals surface area contributed by atoms with Gasteiger partial charge in [-0.2, -0.15) is 13.2 Å². The van der Waals surface area contributed by atoms with Crippen molar-refractivity contribution in [2.75, 3.05) is 0 Å². The Morgan fingerprint density at radius 1 is 1.21 bits per heavy atom. The summed E-state index contributed by atoms with van der Waals surface area (Å²) in [6, 6.07) is 3.67. The maximum Gasteiger partial charge on any atom is 0.416 e. The summed E-state index contributed by atoms with van der Waals surface area (Å²) < 4.78 is 38.6. The summed E-state index contributed by atoms with van der Waals surface area (Å²) in [5.41, 5.74) is 4.48. The number of primary amides is 1. The standard InChI is InChI=1S/C21H26F3N3O2/c1-2-3-7-16(18(25)28)27-19(29)17(26-20(27)12-5-4-6-13-20)14-8-10-15(11-9-14)21(22,23)24/h8-11,16H,2-7,12-13H2,1H3,(H2,25,28). The number of hydrogen-bond acceptors (Lipinski definition) is 3. The van der Waals surface area contributed by atoms with E-state index in [-0.39, 0.29) is 5.71 Å². The molecule has 0 bridgehead atoms. The minimum absolute atomic E-state index is 0.114. The van der Waals surface area contributed by atoms with Gasteiger partial charge in [0.15, 0.2) is 0 Å². The number of alkyl halides is 3. The molecule has 1 aliphatic heterocycles. The topological polar surface area (TPSA) is 75.8 Å². The molecule has 2 N–H and O–H groups in total. The Balaban J connectivity index is 2.00. The number of carbonyl (C=O) groups is 2. The number of halogens is 3. The average Bonchev–Trinajstić information content (AvgIpc) is 2.94. The molecule has 29 heavy (non-hydrogen) atoms. The number of rotatable bonds is 6. The van der Waals surface area contributed by atoms with E-state index in [9.17, 15) is 22.8 Å². The highest BCUT2D eigenvalue weighted by Gasteiger charge is 2.51. The summed E-state index contributed by atoms with van der Waals surface area (Å²) in [4.78, 5) is 31.8. The van der Waals surface area contributed by atoms with Crippen LogP contribution in [-0.2, 0) is 15.8 Å². The first-order chi connectivity index (χ1) is 13.7. The zero-order chi connectivity index (χ0) is 21.2. The second-order valence-corrected chi connectivity index (χ2v) is 7.81. The lowest BCUT2D eigenvalue weighted by atomic mass is 9.87. The average molecular weight is 409 g/mol. The molecular weight excluding hydrogens is 383 g/mol. The molecule has 1 fully saturated rings. The number of aliphatic imine (C=N–C) groups is 1. The van der Waals surface area contributed by atoms with E-state index in [1.807, 2.05) is 6.92 Å². The van der Waals surface area contributed by atoms with Gasteiger partial charge in [-0.25, -0.2) is 0 Å². The molecule has 8 heteroatoms. The summed E-state index contributed by atoms with van der Waals surface area (Å²) >= 11 is 0. The van der Waals surface area contributed by atoms with Crippen molar-refractivity contribution in [2.24, 2.45) is 10.7 Å². The van der Waals surface area contributed by atoms with E-state index in [2.05, 4.69) is 0 Å². The van der Waals surface area contributed by atoms with Crippen molar-refractivity contribution in [1.82, 2.24) is 4.90 Å². The lowest BCUT2D eigenvalue weighted by Crippen LogP contribution is -2.57. The maximum absolute atomic E-state index is 13.3. The van der Waals surface area contributed by atoms with Gasteiger partial charge >= 0.3 is 6.18 Å². The van der Waals surface area contributed by atoms with Gasteiger partial charge in [0.05, 0.1) is 5.56 Å². The van der Waals surface area contributed by atoms with Gasteiger partial charge in [0.2, 0.25) is 5.91 Å². The first-order valence-corrected chi connectivity index (χ1v) is 10.1. The minimum atomic E-state index is -4.45. The van der Waals surface area contributed by atoms with Crippen LogP contribution in [0.3, 0.4) is 0 Å². The minimum Gasteiger partial charge on any atom is -0.368 e. The normalized spacial score (nSPS) is 20.1. The Morgan fingerprint density at radius 2 is 1.83 bits per heavy atom. The van der Waals surface area contributed by atoms with Crippen LogP contribution in [-0.4, -0.2) is 34.1 Å². The zero-order valence-corrected chi connectivity index (χ0v) is 16.5. The summed E-state index contributed by atoms with van der Waals surface area (Å²) in [7, 11) is 0. The smallest absolute Gasteiger partial charge is 0.368 e. The third-order valence-electron chi connectivity index (χ3n) is 5.80. The zero-order valence-electron chi connectivity index (χ0n) is 16.5. The van der Waals surface area contributed by atoms with E-state index in [0.717, 1.165) is 44.2 Å². The van der Waals surface area contributed by atoms with Crippen molar-refractivity contribution in [3.63, 3.8) is 0 Å². The molecule has 1 unspecified atom stereocenters. The van der Waals surface area contributed by atoms with Crippen LogP contribution in [0.2, 0.25) is 0 Å². The quantitative estimate of drug-likeness (QED) is 0.770. The van der Waals surface area contributed by atoms with Gasteiger partial charge in [0.1, 0.15) is 17.4 Å². The Kier molecular flexibility index (Phi) is 6.00. The summed E-state index contributed by atoms with van der Waals surface area (Å²) in [5.74, 6) is -0.993. The summed E-state index contributed by atoms with van der Waals surface area (Å²) in [6.07, 6.45) is 1.60. The monoisotopic (exact) mass is 409 g/mol. The summed E-state index contributed by atoms with van der Waals surface area (Å²) in [5, 5.41) is 0. The Bertz CT molecular complexity index is 796. The van der Waals surface area contributed by atoms with Gasteiger partial charge < -0.3 is 10.6 Å². The lowest BCUT2D eigenvalue weighted by Gasteiger charge is -2.42. The first kappa shape index (κ1) is 21.3. The van der Waals surface area contributed by atoms with Crippen molar-refractivity contribution < 1.29 is 22.8 Å². The van der Waals surface area contributed by atoms with Gasteiger partial charge in [-0.05, 0) is 44.2 Å². The molecular formula is C21H26F3N3O2. The number of unbranched alkanes of at least 4 members (excludes halogenated alkanes) is 1. The van der Waals surface area contributed by atoms with Crippen molar-refractivity contribution in [2.45, 2.75) is 76.2 Å². The third kappa shape index (κ3) is 4.16. The predicted octanol–water partition coefficient (Wildman–Crippen LogP) is 4.04. The van der Waals surface area contributed by atoms with Gasteiger partial charge in [0.25, 0.3) is 5.91 Å². The highest BCUT2D eigenvalue weighted by Crippen LogP contribution is 2.42. The fourth-order valence-electron chi connectivity index (χ4n) is 4.32. The van der Waals surface area contributed by atoms with Crippen LogP contribution in [0.4, 0.5) is 13.2 Å². The molecule has 3 rings (SSSR count). The van der Waals surface area contributed by atoms with Gasteiger partial charge in [0, 0.05) is 5.56 Å². The van der Waals surface area contributed by atoms with Crippen LogP contribution in [0.15, 0.2) is 29.3 Å². The molecule has 5 nitrogen and oxygen atoms in total. The molecule has 1 saturated carbocycles. The number of nitrogens with two attached hydrogens (primary N) is 1. The molecule has 2 aliphatic rings. The Labute approximate surface area is 168 Å². The highest BCUT2D eigenvalue weighted by molar-refractivity contribution is 6.47. The van der Waals surface area contributed by atoms with Crippen LogP contribution < -0.4 is 5.73 Å². The molecule has 0 saturated heterocycles. The fraction of sp³-hybridized carbons (Fsp3) is 0.571. The number of hydrogen-bond donors (Lipinski definition) is 1. The van der Waals surface area contributed by atoms with E-state index in [4.69, 9.17) is 10.7 Å². The van der Waals surface area contributed by atoms with Crippen LogP contribution >= 0.6 is 0 Å². The number of carbonyl (C=O) groups excluding carboxylic acids is 2. The van der Waals surface area contributed by atoms with Crippen LogP contribution in [0.1, 0.15) is 69.4 Å². The number of benzene rings is 1. The number of amides is 2. The second-order valence-electron chi connectivity index (χ2n) is 7.81. The molecule has 1 aromatic rings. The molecule has 0 radical (unpaired) electrons. The largest absolute Gasteiger partial charge is 0.416 e. The van der Waals surface area contributed by atoms with Crippen molar-refractivity contribution in [1.29, 1.82) is 0 Å². The van der Waals surface area contributed by atoms with Crippen molar-refractivity contribution in [3.05, 3.63) is 35.4 Å². The van der Waals surface area contributed by atoms with Gasteiger partial charge in [-0.1, -0.05) is 38.3 Å². The Hall–Kier alpha value is -2.38. The number of nitrogens with zero attached hydrogens (tertiary/aromatic N) is 2. The molecule has 1 aliphatic carbocycles. The molecule has 1 aromatic carbocycles. The summed E-state index contributed by atoms with van der Waals surface area (Å²) in [6.45, 7) is 1.99. The predicted molar refractivity (Wildman–Crippen MR) is 103 cm³/mol. The lowest BCUT2D eigenvalue weighted by molar-refractivity contribution is -0.140. The van der Waals surface area contributed by atoms with Crippen LogP contribution in [0.5, 0.6) is 0 Å². The van der Waals surface area contributed by atoms with Crippen LogP contribution in [0.25, 0.3) is 0 Å². The highest BCUT2D eigenvalue weighted by atomic mass is 19.4. The second kappa shape index (κ2) is 8.16. The molecule has 2 amide bonds. The van der Waals surface area contributed by atoms with E-state index < -0.39 is 35.3 Å². The molecule has 1 heterocycles. The molecule has 0 aromatic heterocycles. The molecule has 1 spiro atoms. The van der Waals surface area contributed by atoms with E-state index in [1.54, 1.807) is 0 Å². The van der Waals surface area contributed by atoms with Crippen molar-refractivity contribution in [3.8, 4) is 0 Å². The Morgan fingerprint density at radius 3 is 2.34 bits per heavy atom. The van der Waals surface area contributed by atoms with Gasteiger partial charge in [-0.15, -0.1) is 0 Å². The molecule has 1 atom stereocenters. The first-order valence-electron chi connectivity index (χ1n) is 10.1. The van der Waals surface area contributed by atoms with Crippen LogP contribution in [0, 0.1) is 0 Å². The van der Waals surface area contributed by atoms with Gasteiger partial charge in [-0.3, -0.25) is 14.6 Å². The third-order valence-corrected chi connectivity index (χ3v) is 5.80.